The van der Waals surface area contributed by atoms with Crippen LogP contribution in [-0.2, 0) is 11.4 Å². The van der Waals surface area contributed by atoms with Gasteiger partial charge in [-0.2, -0.15) is 0 Å². The number of hydrogen-bond donors (Lipinski definition) is 3. The third kappa shape index (κ3) is 3.15. The number of hydrogen-bond acceptors (Lipinski definition) is 4. The van der Waals surface area contributed by atoms with E-state index in [1.54, 1.807) is 25.2 Å². The molecule has 4 nitrogen and oxygen atoms in total. The molecule has 1 aromatic rings. The van der Waals surface area contributed by atoms with Crippen LogP contribution in [0.15, 0.2) is 54.7 Å². The number of allylic oxidation sites excluding steroid dienone is 5. The van der Waals surface area contributed by atoms with Crippen LogP contribution in [0.4, 0.5) is 11.4 Å². The topological polar surface area (TPSA) is 67.3 Å². The Hall–Kier alpha value is -1.85. The van der Waals surface area contributed by atoms with Crippen LogP contribution in [0.5, 0.6) is 5.75 Å². The van der Waals surface area contributed by atoms with Crippen molar-refractivity contribution in [1.82, 2.24) is 0 Å². The fourth-order valence-corrected chi connectivity index (χ4v) is 3.99. The van der Waals surface area contributed by atoms with Gasteiger partial charge in [-0.3, -0.25) is 0 Å². The minimum absolute atomic E-state index is 0.0601. The van der Waals surface area contributed by atoms with Crippen molar-refractivity contribution in [3.8, 4) is 5.75 Å². The fourth-order valence-electron chi connectivity index (χ4n) is 2.83. The summed E-state index contributed by atoms with van der Waals surface area (Å²) in [7, 11) is 1.81. The molecule has 0 bridgehead atoms. The highest BCUT2D eigenvalue weighted by Gasteiger charge is 2.31. The molecule has 3 rings (SSSR count). The van der Waals surface area contributed by atoms with Gasteiger partial charge >= 0.3 is 0 Å². The molecule has 1 aromatic carbocycles. The van der Waals surface area contributed by atoms with Gasteiger partial charge in [0.1, 0.15) is 11.4 Å². The summed E-state index contributed by atoms with van der Waals surface area (Å²) in [5.41, 5.74) is 1.34. The number of nitrogens with one attached hydrogen (secondary N) is 2. The monoisotopic (exact) mass is 316 g/mol. The molecule has 0 aliphatic heterocycles. The van der Waals surface area contributed by atoms with Crippen LogP contribution in [0.2, 0.25) is 0 Å². The predicted octanol–water partition coefficient (Wildman–Crippen LogP) is 3.20. The number of anilines is 2. The van der Waals surface area contributed by atoms with Crippen LogP contribution in [0.25, 0.3) is 0 Å². The van der Waals surface area contributed by atoms with E-state index in [2.05, 4.69) is 40.4 Å². The summed E-state index contributed by atoms with van der Waals surface area (Å²) in [5.74, 6) is 0.924. The molecular formula is C17H20N2O2S. The van der Waals surface area contributed by atoms with Crippen LogP contribution in [0, 0.1) is 11.8 Å². The number of rotatable bonds is 4. The third-order valence-electron chi connectivity index (χ3n) is 4.12. The summed E-state index contributed by atoms with van der Waals surface area (Å²) >= 11 is -1.28. The SMILES string of the molecule is CNc1ccc(O)c(N[S+]([O-])C2C=CC3C=CC=CC3C2)c1. The number of benzene rings is 1. The lowest BCUT2D eigenvalue weighted by Crippen LogP contribution is -2.32. The van der Waals surface area contributed by atoms with E-state index in [9.17, 15) is 9.66 Å². The Labute approximate surface area is 133 Å². The van der Waals surface area contributed by atoms with Crippen LogP contribution >= 0.6 is 0 Å². The van der Waals surface area contributed by atoms with E-state index in [0.29, 0.717) is 17.5 Å². The van der Waals surface area contributed by atoms with Gasteiger partial charge < -0.3 is 15.0 Å². The minimum Gasteiger partial charge on any atom is -0.593 e. The van der Waals surface area contributed by atoms with Crippen LogP contribution in [-0.4, -0.2) is 22.0 Å². The second-order valence-corrected chi connectivity index (χ2v) is 6.96. The maximum atomic E-state index is 12.6. The van der Waals surface area contributed by atoms with E-state index in [1.807, 2.05) is 6.08 Å². The number of fused-ring (bicyclic) bond motifs is 1. The minimum atomic E-state index is -1.28. The summed E-state index contributed by atoms with van der Waals surface area (Å²) in [6.07, 6.45) is 13.5. The van der Waals surface area contributed by atoms with Gasteiger partial charge in [-0.1, -0.05) is 30.4 Å². The van der Waals surface area contributed by atoms with Gasteiger partial charge in [0.15, 0.2) is 5.25 Å². The Morgan fingerprint density at radius 1 is 1.18 bits per heavy atom. The van der Waals surface area contributed by atoms with Crippen LogP contribution < -0.4 is 10.0 Å². The van der Waals surface area contributed by atoms with Gasteiger partial charge in [-0.25, -0.2) is 4.72 Å². The highest BCUT2D eigenvalue weighted by atomic mass is 32.2. The molecular weight excluding hydrogens is 296 g/mol. The van der Waals surface area contributed by atoms with Crippen molar-refractivity contribution in [3.05, 3.63) is 54.7 Å². The van der Waals surface area contributed by atoms with Gasteiger partial charge in [-0.05, 0) is 30.2 Å². The van der Waals surface area contributed by atoms with Crippen molar-refractivity contribution in [2.45, 2.75) is 11.7 Å². The first-order valence-electron chi connectivity index (χ1n) is 7.38. The summed E-state index contributed by atoms with van der Waals surface area (Å²) < 4.78 is 15.5. The molecule has 0 fully saturated rings. The zero-order valence-corrected chi connectivity index (χ0v) is 13.2. The zero-order chi connectivity index (χ0) is 15.5. The maximum absolute atomic E-state index is 12.6. The highest BCUT2D eigenvalue weighted by Crippen LogP contribution is 2.34. The van der Waals surface area contributed by atoms with Crippen LogP contribution in [0.1, 0.15) is 6.42 Å². The van der Waals surface area contributed by atoms with E-state index in [4.69, 9.17) is 0 Å². The first kappa shape index (κ1) is 15.1. The molecule has 2 aliphatic rings. The lowest BCUT2D eigenvalue weighted by molar-refractivity contribution is 0.476. The highest BCUT2D eigenvalue weighted by molar-refractivity contribution is 7.93. The van der Waals surface area contributed by atoms with Crippen molar-refractivity contribution in [2.24, 2.45) is 11.8 Å². The maximum Gasteiger partial charge on any atom is 0.159 e. The first-order chi connectivity index (χ1) is 10.7. The second kappa shape index (κ2) is 6.50. The van der Waals surface area contributed by atoms with Crippen LogP contribution in [0.3, 0.4) is 0 Å². The van der Waals surface area contributed by atoms with Crippen molar-refractivity contribution >= 4 is 22.7 Å². The quantitative estimate of drug-likeness (QED) is 0.345. The van der Waals surface area contributed by atoms with Gasteiger partial charge in [0.2, 0.25) is 0 Å². The summed E-state index contributed by atoms with van der Waals surface area (Å²) in [6, 6.07) is 5.12. The molecule has 0 radical (unpaired) electrons. The number of aromatic hydroxyl groups is 1. The molecule has 0 saturated carbocycles. The third-order valence-corrected chi connectivity index (χ3v) is 5.44. The Bertz CT molecular complexity index is 627. The summed E-state index contributed by atoms with van der Waals surface area (Å²) in [6.45, 7) is 0. The smallest absolute Gasteiger partial charge is 0.159 e. The van der Waals surface area contributed by atoms with E-state index in [1.165, 1.54) is 0 Å². The molecule has 0 spiro atoms. The molecule has 0 aromatic heterocycles. The van der Waals surface area contributed by atoms with E-state index >= 15 is 0 Å². The normalized spacial score (nSPS) is 27.3. The van der Waals surface area contributed by atoms with E-state index in [-0.39, 0.29) is 11.0 Å². The predicted molar refractivity (Wildman–Crippen MR) is 92.2 cm³/mol. The van der Waals surface area contributed by atoms with E-state index in [0.717, 1.165) is 12.1 Å². The molecule has 0 saturated heterocycles. The molecule has 0 heterocycles. The van der Waals surface area contributed by atoms with E-state index < -0.39 is 11.4 Å². The Morgan fingerprint density at radius 3 is 2.82 bits per heavy atom. The molecule has 5 heteroatoms. The molecule has 4 unspecified atom stereocenters. The van der Waals surface area contributed by atoms with Crippen molar-refractivity contribution in [2.75, 3.05) is 17.1 Å². The summed E-state index contributed by atoms with van der Waals surface area (Å²) in [5, 5.41) is 12.8. The number of phenols is 1. The van der Waals surface area contributed by atoms with Gasteiger partial charge in [-0.15, -0.1) is 0 Å². The summed E-state index contributed by atoms with van der Waals surface area (Å²) in [4.78, 5) is 0. The Balaban J connectivity index is 1.71. The lowest BCUT2D eigenvalue weighted by atomic mass is 9.81. The Morgan fingerprint density at radius 2 is 2.00 bits per heavy atom. The molecule has 0 amide bonds. The van der Waals surface area contributed by atoms with Crippen molar-refractivity contribution < 1.29 is 9.66 Å². The van der Waals surface area contributed by atoms with Gasteiger partial charge in [0.25, 0.3) is 0 Å². The second-order valence-electron chi connectivity index (χ2n) is 5.55. The molecule has 4 atom stereocenters. The molecule has 116 valence electrons. The van der Waals surface area contributed by atoms with Gasteiger partial charge in [0, 0.05) is 25.1 Å². The fraction of sp³-hybridized carbons (Fsp3) is 0.294. The average Bonchev–Trinajstić information content (AvgIpc) is 2.56. The standard InChI is InChI=1S/C17H20N2O2S/c1-18-14-7-9-17(20)16(11-14)19-22(21)15-8-6-12-4-2-3-5-13(12)10-15/h2-9,11-13,15,18-20H,10H2,1H3. The number of phenolic OH excluding ortho intramolecular Hbond substituents is 1. The van der Waals surface area contributed by atoms with Crippen molar-refractivity contribution in [1.29, 1.82) is 0 Å². The molecule has 3 N–H and O–H groups in total. The average molecular weight is 316 g/mol. The largest absolute Gasteiger partial charge is 0.593 e. The molecule has 2 aliphatic carbocycles. The zero-order valence-electron chi connectivity index (χ0n) is 12.4. The van der Waals surface area contributed by atoms with Gasteiger partial charge in [0.05, 0.1) is 11.4 Å². The lowest BCUT2D eigenvalue weighted by Gasteiger charge is -2.30. The Kier molecular flexibility index (Phi) is 4.45. The molecule has 22 heavy (non-hydrogen) atoms. The first-order valence-corrected chi connectivity index (χ1v) is 8.60. The van der Waals surface area contributed by atoms with Crippen molar-refractivity contribution in [3.63, 3.8) is 0 Å².